The molecule has 2 unspecified atom stereocenters. The van der Waals surface area contributed by atoms with E-state index in [4.69, 9.17) is 11.6 Å². The lowest BCUT2D eigenvalue weighted by molar-refractivity contribution is 0.155. The minimum atomic E-state index is 0.325. The SMILES string of the molecule is CC1CCC(Cl)CN1Cc1nccs1. The molecule has 2 rings (SSSR count). The molecule has 0 aromatic carbocycles. The standard InChI is InChI=1S/C10H15ClN2S/c1-8-2-3-9(11)6-13(8)7-10-12-4-5-14-10/h4-5,8-9H,2-3,6-7H2,1H3. The Morgan fingerprint density at radius 3 is 3.21 bits per heavy atom. The van der Waals surface area contributed by atoms with Gasteiger partial charge in [-0.1, -0.05) is 0 Å². The lowest BCUT2D eigenvalue weighted by Gasteiger charge is -2.35. The van der Waals surface area contributed by atoms with E-state index in [-0.39, 0.29) is 0 Å². The molecule has 0 bridgehead atoms. The fourth-order valence-electron chi connectivity index (χ4n) is 1.86. The van der Waals surface area contributed by atoms with Crippen LogP contribution in [0.3, 0.4) is 0 Å². The molecule has 1 aromatic heterocycles. The molecular weight excluding hydrogens is 216 g/mol. The highest BCUT2D eigenvalue weighted by molar-refractivity contribution is 7.09. The van der Waals surface area contributed by atoms with E-state index >= 15 is 0 Å². The summed E-state index contributed by atoms with van der Waals surface area (Å²) in [5, 5.41) is 3.55. The van der Waals surface area contributed by atoms with E-state index in [1.54, 1.807) is 11.3 Å². The van der Waals surface area contributed by atoms with Crippen LogP contribution in [0, 0.1) is 0 Å². The van der Waals surface area contributed by atoms with Crippen molar-refractivity contribution >= 4 is 22.9 Å². The molecule has 1 saturated heterocycles. The van der Waals surface area contributed by atoms with Crippen LogP contribution in [0.15, 0.2) is 11.6 Å². The van der Waals surface area contributed by atoms with Crippen LogP contribution in [-0.2, 0) is 6.54 Å². The molecule has 0 saturated carbocycles. The Morgan fingerprint density at radius 1 is 1.64 bits per heavy atom. The fraction of sp³-hybridized carbons (Fsp3) is 0.700. The minimum Gasteiger partial charge on any atom is -0.293 e. The number of piperidine rings is 1. The van der Waals surface area contributed by atoms with Crippen molar-refractivity contribution in [3.05, 3.63) is 16.6 Å². The van der Waals surface area contributed by atoms with Gasteiger partial charge in [0.05, 0.1) is 6.54 Å². The first kappa shape index (κ1) is 10.4. The van der Waals surface area contributed by atoms with Crippen LogP contribution < -0.4 is 0 Å². The van der Waals surface area contributed by atoms with Gasteiger partial charge in [-0.25, -0.2) is 4.98 Å². The first-order chi connectivity index (χ1) is 6.75. The van der Waals surface area contributed by atoms with Crippen molar-refractivity contribution in [2.24, 2.45) is 0 Å². The second-order valence-corrected chi connectivity index (χ2v) is 5.48. The summed E-state index contributed by atoms with van der Waals surface area (Å²) in [5.74, 6) is 0. The molecule has 2 nitrogen and oxygen atoms in total. The van der Waals surface area contributed by atoms with Gasteiger partial charge in [-0.15, -0.1) is 22.9 Å². The molecule has 1 fully saturated rings. The molecule has 2 heterocycles. The highest BCUT2D eigenvalue weighted by atomic mass is 35.5. The quantitative estimate of drug-likeness (QED) is 0.727. The summed E-state index contributed by atoms with van der Waals surface area (Å²) < 4.78 is 0. The number of alkyl halides is 1. The number of halogens is 1. The van der Waals surface area contributed by atoms with Gasteiger partial charge in [0.15, 0.2) is 0 Å². The number of likely N-dealkylation sites (tertiary alicyclic amines) is 1. The summed E-state index contributed by atoms with van der Waals surface area (Å²) in [6.07, 6.45) is 4.23. The Kier molecular flexibility index (Phi) is 3.42. The van der Waals surface area contributed by atoms with Crippen molar-refractivity contribution in [1.82, 2.24) is 9.88 Å². The Bertz CT molecular complexity index is 276. The van der Waals surface area contributed by atoms with Gasteiger partial charge in [0.1, 0.15) is 5.01 Å². The Hall–Kier alpha value is -0.120. The van der Waals surface area contributed by atoms with E-state index in [1.165, 1.54) is 11.4 Å². The number of hydrogen-bond donors (Lipinski definition) is 0. The molecule has 0 radical (unpaired) electrons. The van der Waals surface area contributed by atoms with Crippen molar-refractivity contribution in [2.45, 2.75) is 37.7 Å². The number of rotatable bonds is 2. The second kappa shape index (κ2) is 4.60. The average molecular weight is 231 g/mol. The van der Waals surface area contributed by atoms with Gasteiger partial charge in [-0.2, -0.15) is 0 Å². The van der Waals surface area contributed by atoms with E-state index in [9.17, 15) is 0 Å². The molecule has 1 aromatic rings. The predicted molar refractivity (Wildman–Crippen MR) is 60.9 cm³/mol. The van der Waals surface area contributed by atoms with E-state index < -0.39 is 0 Å². The molecule has 1 aliphatic rings. The van der Waals surface area contributed by atoms with Crippen LogP contribution in [0.4, 0.5) is 0 Å². The highest BCUT2D eigenvalue weighted by Gasteiger charge is 2.24. The van der Waals surface area contributed by atoms with Crippen molar-refractivity contribution in [3.63, 3.8) is 0 Å². The van der Waals surface area contributed by atoms with Gasteiger partial charge in [0.2, 0.25) is 0 Å². The van der Waals surface area contributed by atoms with Crippen LogP contribution >= 0.6 is 22.9 Å². The zero-order valence-electron chi connectivity index (χ0n) is 8.32. The highest BCUT2D eigenvalue weighted by Crippen LogP contribution is 2.23. The smallest absolute Gasteiger partial charge is 0.107 e. The largest absolute Gasteiger partial charge is 0.293 e. The third-order valence-electron chi connectivity index (χ3n) is 2.78. The molecule has 14 heavy (non-hydrogen) atoms. The van der Waals surface area contributed by atoms with Gasteiger partial charge in [-0.3, -0.25) is 4.90 Å². The van der Waals surface area contributed by atoms with Gasteiger partial charge in [0, 0.05) is 29.5 Å². The number of hydrogen-bond acceptors (Lipinski definition) is 3. The Balaban J connectivity index is 1.95. The maximum Gasteiger partial charge on any atom is 0.107 e. The number of aromatic nitrogens is 1. The maximum absolute atomic E-state index is 6.16. The topological polar surface area (TPSA) is 16.1 Å². The molecule has 0 amide bonds. The molecule has 0 spiro atoms. The van der Waals surface area contributed by atoms with Crippen molar-refractivity contribution < 1.29 is 0 Å². The zero-order chi connectivity index (χ0) is 9.97. The van der Waals surface area contributed by atoms with E-state index in [2.05, 4.69) is 16.8 Å². The van der Waals surface area contributed by atoms with Gasteiger partial charge < -0.3 is 0 Å². The first-order valence-electron chi connectivity index (χ1n) is 5.02. The van der Waals surface area contributed by atoms with E-state index in [0.29, 0.717) is 11.4 Å². The molecule has 1 aliphatic heterocycles. The third kappa shape index (κ3) is 2.47. The van der Waals surface area contributed by atoms with Crippen LogP contribution in [0.2, 0.25) is 0 Å². The minimum absolute atomic E-state index is 0.325. The molecule has 0 N–H and O–H groups in total. The van der Waals surface area contributed by atoms with Gasteiger partial charge in [0.25, 0.3) is 0 Å². The molecule has 78 valence electrons. The summed E-state index contributed by atoms with van der Waals surface area (Å²) in [7, 11) is 0. The summed E-state index contributed by atoms with van der Waals surface area (Å²) in [6, 6.07) is 0.647. The Morgan fingerprint density at radius 2 is 2.50 bits per heavy atom. The normalized spacial score (nSPS) is 29.3. The number of thiazole rings is 1. The fourth-order valence-corrected chi connectivity index (χ4v) is 2.80. The van der Waals surface area contributed by atoms with Crippen molar-refractivity contribution in [3.8, 4) is 0 Å². The molecule has 0 aliphatic carbocycles. The lowest BCUT2D eigenvalue weighted by Crippen LogP contribution is -2.41. The zero-order valence-corrected chi connectivity index (χ0v) is 9.89. The van der Waals surface area contributed by atoms with Gasteiger partial charge >= 0.3 is 0 Å². The van der Waals surface area contributed by atoms with E-state index in [1.807, 2.05) is 11.6 Å². The van der Waals surface area contributed by atoms with Gasteiger partial charge in [-0.05, 0) is 19.8 Å². The number of nitrogens with zero attached hydrogens (tertiary/aromatic N) is 2. The van der Waals surface area contributed by atoms with Crippen LogP contribution in [0.5, 0.6) is 0 Å². The monoisotopic (exact) mass is 230 g/mol. The summed E-state index contributed by atoms with van der Waals surface area (Å²) in [4.78, 5) is 6.73. The summed E-state index contributed by atoms with van der Waals surface area (Å²) in [6.45, 7) is 4.24. The van der Waals surface area contributed by atoms with Crippen LogP contribution in [0.25, 0.3) is 0 Å². The van der Waals surface area contributed by atoms with Crippen LogP contribution in [-0.4, -0.2) is 27.8 Å². The third-order valence-corrected chi connectivity index (χ3v) is 3.90. The molecule has 4 heteroatoms. The van der Waals surface area contributed by atoms with Crippen molar-refractivity contribution in [2.75, 3.05) is 6.54 Å². The Labute approximate surface area is 93.9 Å². The summed E-state index contributed by atoms with van der Waals surface area (Å²) in [5.41, 5.74) is 0. The molecule has 2 atom stereocenters. The van der Waals surface area contributed by atoms with E-state index in [0.717, 1.165) is 19.5 Å². The average Bonchev–Trinajstić information content (AvgIpc) is 2.64. The second-order valence-electron chi connectivity index (χ2n) is 3.88. The van der Waals surface area contributed by atoms with Crippen LogP contribution in [0.1, 0.15) is 24.8 Å². The lowest BCUT2D eigenvalue weighted by atomic mass is 10.0. The first-order valence-corrected chi connectivity index (χ1v) is 6.34. The summed E-state index contributed by atoms with van der Waals surface area (Å²) >= 11 is 7.88. The predicted octanol–water partition coefficient (Wildman–Crippen LogP) is 2.73. The maximum atomic E-state index is 6.16. The molecular formula is C10H15ClN2S. The van der Waals surface area contributed by atoms with Crippen molar-refractivity contribution in [1.29, 1.82) is 0 Å².